The Kier molecular flexibility index (Phi) is 3.97. The molecule has 0 spiro atoms. The topological polar surface area (TPSA) is 55.1 Å². The molecule has 3 nitrogen and oxygen atoms in total. The summed E-state index contributed by atoms with van der Waals surface area (Å²) in [6, 6.07) is 0. The van der Waals surface area contributed by atoms with Crippen LogP contribution >= 0.6 is 0 Å². The molecule has 0 aromatic carbocycles. The molecule has 3 N–H and O–H groups in total. The minimum Gasteiger partial charge on any atom is -0.351 e. The molecule has 0 aliphatic carbocycles. The Morgan fingerprint density at radius 3 is 1.80 bits per heavy atom. The molecule has 0 heterocycles. The van der Waals surface area contributed by atoms with Crippen molar-refractivity contribution in [1.82, 2.24) is 5.32 Å². The zero-order valence-corrected chi connectivity index (χ0v) is 11.2. The maximum atomic E-state index is 12.1. The Hall–Kier alpha value is -0.570. The average molecular weight is 214 g/mol. The second-order valence-corrected chi connectivity index (χ2v) is 6.04. The molecule has 0 aromatic heterocycles. The lowest BCUT2D eigenvalue weighted by atomic mass is 9.74. The summed E-state index contributed by atoms with van der Waals surface area (Å²) >= 11 is 0. The summed E-state index contributed by atoms with van der Waals surface area (Å²) in [4.78, 5) is 12.1. The van der Waals surface area contributed by atoms with Gasteiger partial charge in [-0.25, -0.2) is 0 Å². The van der Waals surface area contributed by atoms with Crippen LogP contribution in [0.2, 0.25) is 0 Å². The molecule has 0 saturated heterocycles. The van der Waals surface area contributed by atoms with Crippen LogP contribution in [0.15, 0.2) is 0 Å². The highest BCUT2D eigenvalue weighted by Gasteiger charge is 2.41. The van der Waals surface area contributed by atoms with Gasteiger partial charge < -0.3 is 11.1 Å². The summed E-state index contributed by atoms with van der Waals surface area (Å²) in [5.74, 6) is 0.0156. The fraction of sp³-hybridized carbons (Fsp3) is 0.917. The fourth-order valence-electron chi connectivity index (χ4n) is 0.845. The van der Waals surface area contributed by atoms with Gasteiger partial charge in [-0.3, -0.25) is 4.79 Å². The van der Waals surface area contributed by atoms with Gasteiger partial charge in [0.2, 0.25) is 5.91 Å². The van der Waals surface area contributed by atoms with Crippen LogP contribution in [-0.2, 0) is 4.79 Å². The quantitative estimate of drug-likeness (QED) is 0.752. The van der Waals surface area contributed by atoms with E-state index in [0.29, 0.717) is 0 Å². The second-order valence-electron chi connectivity index (χ2n) is 6.04. The van der Waals surface area contributed by atoms with E-state index in [4.69, 9.17) is 5.73 Å². The standard InChI is InChI=1S/C12H26N2O/c1-8-10(2,3)14-9(15)11(4,5)12(6,7)13/h8,13H2,1-7H3,(H,14,15). The summed E-state index contributed by atoms with van der Waals surface area (Å²) < 4.78 is 0. The number of hydrogen-bond donors (Lipinski definition) is 2. The van der Waals surface area contributed by atoms with Crippen LogP contribution in [0.1, 0.15) is 54.9 Å². The predicted molar refractivity (Wildman–Crippen MR) is 64.6 cm³/mol. The highest BCUT2D eigenvalue weighted by molar-refractivity contribution is 5.83. The molecule has 0 fully saturated rings. The molecule has 0 saturated carbocycles. The number of carbonyl (C=O) groups is 1. The van der Waals surface area contributed by atoms with Crippen molar-refractivity contribution < 1.29 is 4.79 Å². The van der Waals surface area contributed by atoms with E-state index in [1.54, 1.807) is 0 Å². The third-order valence-corrected chi connectivity index (χ3v) is 3.51. The summed E-state index contributed by atoms with van der Waals surface area (Å²) in [6.45, 7) is 13.6. The van der Waals surface area contributed by atoms with E-state index in [9.17, 15) is 4.79 Å². The van der Waals surface area contributed by atoms with Gasteiger partial charge in [-0.05, 0) is 48.0 Å². The number of rotatable bonds is 4. The van der Waals surface area contributed by atoms with E-state index in [-0.39, 0.29) is 11.4 Å². The lowest BCUT2D eigenvalue weighted by molar-refractivity contribution is -0.134. The Balaban J connectivity index is 4.74. The van der Waals surface area contributed by atoms with Crippen molar-refractivity contribution in [2.75, 3.05) is 0 Å². The summed E-state index contributed by atoms with van der Waals surface area (Å²) in [5, 5.41) is 3.03. The van der Waals surface area contributed by atoms with E-state index in [1.165, 1.54) is 0 Å². The Labute approximate surface area is 93.8 Å². The first-order chi connectivity index (χ1) is 6.44. The molecule has 0 radical (unpaired) electrons. The molecule has 0 rings (SSSR count). The SMILES string of the molecule is CCC(C)(C)NC(=O)C(C)(C)C(C)(C)N. The lowest BCUT2D eigenvalue weighted by Crippen LogP contribution is -2.58. The Morgan fingerprint density at radius 2 is 1.53 bits per heavy atom. The van der Waals surface area contributed by atoms with Gasteiger partial charge in [0.05, 0.1) is 5.41 Å². The van der Waals surface area contributed by atoms with Crippen molar-refractivity contribution in [2.45, 2.75) is 66.0 Å². The minimum absolute atomic E-state index is 0.0156. The average Bonchev–Trinajstić information content (AvgIpc) is 2.01. The van der Waals surface area contributed by atoms with Crippen LogP contribution in [-0.4, -0.2) is 17.0 Å². The highest BCUT2D eigenvalue weighted by Crippen LogP contribution is 2.29. The van der Waals surface area contributed by atoms with Gasteiger partial charge in [0.15, 0.2) is 0 Å². The zero-order chi connectivity index (χ0) is 12.5. The maximum absolute atomic E-state index is 12.1. The van der Waals surface area contributed by atoms with Gasteiger partial charge in [-0.2, -0.15) is 0 Å². The van der Waals surface area contributed by atoms with Gasteiger partial charge in [0, 0.05) is 11.1 Å². The maximum Gasteiger partial charge on any atom is 0.227 e. The van der Waals surface area contributed by atoms with E-state index >= 15 is 0 Å². The largest absolute Gasteiger partial charge is 0.351 e. The second kappa shape index (κ2) is 4.12. The number of nitrogens with one attached hydrogen (secondary N) is 1. The van der Waals surface area contributed by atoms with Gasteiger partial charge in [0.25, 0.3) is 0 Å². The highest BCUT2D eigenvalue weighted by atomic mass is 16.2. The number of hydrogen-bond acceptors (Lipinski definition) is 2. The van der Waals surface area contributed by atoms with Crippen molar-refractivity contribution in [3.05, 3.63) is 0 Å². The van der Waals surface area contributed by atoms with Crippen LogP contribution in [0.25, 0.3) is 0 Å². The lowest BCUT2D eigenvalue weighted by Gasteiger charge is -2.39. The van der Waals surface area contributed by atoms with Crippen molar-refractivity contribution >= 4 is 5.91 Å². The van der Waals surface area contributed by atoms with E-state index in [2.05, 4.69) is 12.2 Å². The molecule has 15 heavy (non-hydrogen) atoms. The van der Waals surface area contributed by atoms with Crippen molar-refractivity contribution in [2.24, 2.45) is 11.1 Å². The van der Waals surface area contributed by atoms with Crippen LogP contribution in [0.5, 0.6) is 0 Å². The number of carbonyl (C=O) groups excluding carboxylic acids is 1. The first-order valence-corrected chi connectivity index (χ1v) is 5.55. The first-order valence-electron chi connectivity index (χ1n) is 5.55. The van der Waals surface area contributed by atoms with Crippen molar-refractivity contribution in [3.8, 4) is 0 Å². The molecule has 0 aliphatic rings. The van der Waals surface area contributed by atoms with Crippen molar-refractivity contribution in [3.63, 3.8) is 0 Å². The minimum atomic E-state index is -0.570. The third-order valence-electron chi connectivity index (χ3n) is 3.51. The normalized spacial score (nSPS) is 13.9. The van der Waals surface area contributed by atoms with Gasteiger partial charge in [0.1, 0.15) is 0 Å². The summed E-state index contributed by atoms with van der Waals surface area (Å²) in [6.07, 6.45) is 0.903. The first kappa shape index (κ1) is 14.4. The molecule has 0 unspecified atom stereocenters. The monoisotopic (exact) mass is 214 g/mol. The molecule has 3 heteroatoms. The van der Waals surface area contributed by atoms with E-state index in [1.807, 2.05) is 41.5 Å². The number of amides is 1. The zero-order valence-electron chi connectivity index (χ0n) is 11.2. The molecular weight excluding hydrogens is 188 g/mol. The molecule has 0 atom stereocenters. The summed E-state index contributed by atoms with van der Waals surface area (Å²) in [7, 11) is 0. The molecule has 0 aliphatic heterocycles. The predicted octanol–water partition coefficient (Wildman–Crippen LogP) is 2.05. The van der Waals surface area contributed by atoms with Crippen LogP contribution in [0, 0.1) is 5.41 Å². The molecule has 1 amide bonds. The third kappa shape index (κ3) is 3.49. The molecule has 0 bridgehead atoms. The van der Waals surface area contributed by atoms with Gasteiger partial charge in [-0.1, -0.05) is 6.92 Å². The van der Waals surface area contributed by atoms with E-state index < -0.39 is 11.0 Å². The summed E-state index contributed by atoms with van der Waals surface area (Å²) in [5.41, 5.74) is 4.75. The Morgan fingerprint density at radius 1 is 1.13 bits per heavy atom. The van der Waals surface area contributed by atoms with Gasteiger partial charge >= 0.3 is 0 Å². The fourth-order valence-corrected chi connectivity index (χ4v) is 0.845. The van der Waals surface area contributed by atoms with Crippen LogP contribution in [0.3, 0.4) is 0 Å². The van der Waals surface area contributed by atoms with Crippen molar-refractivity contribution in [1.29, 1.82) is 0 Å². The molecule has 0 aromatic rings. The Bertz CT molecular complexity index is 236. The molecular formula is C12H26N2O. The van der Waals surface area contributed by atoms with Gasteiger partial charge in [-0.15, -0.1) is 0 Å². The van der Waals surface area contributed by atoms with Crippen LogP contribution in [0.4, 0.5) is 0 Å². The smallest absolute Gasteiger partial charge is 0.227 e. The van der Waals surface area contributed by atoms with Crippen LogP contribution < -0.4 is 11.1 Å². The van der Waals surface area contributed by atoms with E-state index in [0.717, 1.165) is 6.42 Å². The number of nitrogens with two attached hydrogens (primary N) is 1. The molecule has 90 valence electrons.